The molecule has 4 rings (SSSR count). The number of hydrogen-bond donors (Lipinski definition) is 1. The first-order valence-electron chi connectivity index (χ1n) is 9.14. The Hall–Kier alpha value is -2.60. The van der Waals surface area contributed by atoms with Crippen LogP contribution in [0.1, 0.15) is 25.3 Å². The van der Waals surface area contributed by atoms with E-state index in [1.807, 2.05) is 30.3 Å². The monoisotopic (exact) mass is 381 g/mol. The number of carbonyl (C=O) groups excluding carboxylic acids is 1. The minimum Gasteiger partial charge on any atom is -0.497 e. The molecule has 5 nitrogen and oxygen atoms in total. The van der Waals surface area contributed by atoms with Gasteiger partial charge in [-0.1, -0.05) is 37.3 Å². The summed E-state index contributed by atoms with van der Waals surface area (Å²) < 4.78 is 6.38. The third kappa shape index (κ3) is 3.62. The van der Waals surface area contributed by atoms with Gasteiger partial charge in [-0.2, -0.15) is 0 Å². The number of ether oxygens (including phenoxy) is 1. The predicted octanol–water partition coefficient (Wildman–Crippen LogP) is 4.50. The highest BCUT2D eigenvalue weighted by Crippen LogP contribution is 2.34. The van der Waals surface area contributed by atoms with E-state index in [0.717, 1.165) is 26.8 Å². The van der Waals surface area contributed by atoms with Crippen molar-refractivity contribution in [2.75, 3.05) is 30.4 Å². The van der Waals surface area contributed by atoms with E-state index in [4.69, 9.17) is 4.74 Å². The number of hydrogen-bond acceptors (Lipinski definition) is 5. The molecule has 1 amide bonds. The zero-order valence-corrected chi connectivity index (χ0v) is 16.5. The molecular formula is C21H23N3O2S. The van der Waals surface area contributed by atoms with Crippen LogP contribution in [0.3, 0.4) is 0 Å². The Balaban J connectivity index is 1.36. The van der Waals surface area contributed by atoms with Gasteiger partial charge in [0.1, 0.15) is 5.75 Å². The normalized spacial score (nSPS) is 14.4. The Bertz CT molecular complexity index is 959. The largest absolute Gasteiger partial charge is 0.497 e. The van der Waals surface area contributed by atoms with Crippen molar-refractivity contribution in [3.63, 3.8) is 0 Å². The van der Waals surface area contributed by atoms with E-state index in [1.54, 1.807) is 18.4 Å². The van der Waals surface area contributed by atoms with Gasteiger partial charge in [0.05, 0.1) is 23.2 Å². The smallest absolute Gasteiger partial charge is 0.231 e. The standard InChI is InChI=1S/C21H23N3O2S/c1-13(2)14-4-6-16(7-5-14)22-20(25)15-11-24(12-15)21-23-18-10-17(26-3)8-9-19(18)27-21/h4-10,13,15H,11-12H2,1-3H3,(H,22,25). The number of amides is 1. The lowest BCUT2D eigenvalue weighted by Crippen LogP contribution is -2.52. The molecule has 1 saturated heterocycles. The van der Waals surface area contributed by atoms with Gasteiger partial charge in [0.25, 0.3) is 0 Å². The van der Waals surface area contributed by atoms with Crippen LogP contribution in [-0.4, -0.2) is 31.1 Å². The van der Waals surface area contributed by atoms with E-state index in [1.165, 1.54) is 5.56 Å². The van der Waals surface area contributed by atoms with Gasteiger partial charge in [-0.15, -0.1) is 0 Å². The quantitative estimate of drug-likeness (QED) is 0.707. The maximum atomic E-state index is 12.5. The van der Waals surface area contributed by atoms with Crippen LogP contribution >= 0.6 is 11.3 Å². The zero-order chi connectivity index (χ0) is 19.0. The Labute approximate surface area is 163 Å². The van der Waals surface area contributed by atoms with Crippen molar-refractivity contribution in [3.8, 4) is 5.75 Å². The molecule has 3 aromatic rings. The highest BCUT2D eigenvalue weighted by molar-refractivity contribution is 7.22. The average Bonchev–Trinajstić information content (AvgIpc) is 3.03. The van der Waals surface area contributed by atoms with Gasteiger partial charge in [-0.25, -0.2) is 4.98 Å². The van der Waals surface area contributed by atoms with E-state index in [-0.39, 0.29) is 11.8 Å². The second-order valence-electron chi connectivity index (χ2n) is 7.20. The third-order valence-corrected chi connectivity index (χ3v) is 6.05. The van der Waals surface area contributed by atoms with Crippen molar-refractivity contribution >= 4 is 38.3 Å². The van der Waals surface area contributed by atoms with Crippen LogP contribution < -0.4 is 15.0 Å². The Morgan fingerprint density at radius 3 is 2.63 bits per heavy atom. The Kier molecular flexibility index (Phi) is 4.74. The van der Waals surface area contributed by atoms with Crippen LogP contribution in [0.25, 0.3) is 10.2 Å². The molecule has 1 aromatic heterocycles. The molecule has 27 heavy (non-hydrogen) atoms. The van der Waals surface area contributed by atoms with E-state index in [2.05, 4.69) is 41.2 Å². The summed E-state index contributed by atoms with van der Waals surface area (Å²) in [7, 11) is 1.66. The number of anilines is 2. The molecule has 1 aliphatic rings. The molecular weight excluding hydrogens is 358 g/mol. The van der Waals surface area contributed by atoms with Crippen molar-refractivity contribution in [2.24, 2.45) is 5.92 Å². The van der Waals surface area contributed by atoms with Crippen LogP contribution in [0.4, 0.5) is 10.8 Å². The Morgan fingerprint density at radius 1 is 1.22 bits per heavy atom. The molecule has 1 fully saturated rings. The summed E-state index contributed by atoms with van der Waals surface area (Å²) in [4.78, 5) is 19.3. The van der Waals surface area contributed by atoms with Gasteiger partial charge >= 0.3 is 0 Å². The predicted molar refractivity (Wildman–Crippen MR) is 111 cm³/mol. The van der Waals surface area contributed by atoms with E-state index in [0.29, 0.717) is 19.0 Å². The summed E-state index contributed by atoms with van der Waals surface area (Å²) in [5.74, 6) is 1.37. The fourth-order valence-electron chi connectivity index (χ4n) is 3.15. The molecule has 1 aliphatic heterocycles. The highest BCUT2D eigenvalue weighted by atomic mass is 32.1. The van der Waals surface area contributed by atoms with Crippen molar-refractivity contribution in [3.05, 3.63) is 48.0 Å². The SMILES string of the molecule is COc1ccc2sc(N3CC(C(=O)Nc4ccc(C(C)C)cc4)C3)nc2c1. The van der Waals surface area contributed by atoms with Crippen LogP contribution in [0.2, 0.25) is 0 Å². The zero-order valence-electron chi connectivity index (χ0n) is 15.7. The minimum absolute atomic E-state index is 0.00340. The highest BCUT2D eigenvalue weighted by Gasteiger charge is 2.34. The van der Waals surface area contributed by atoms with Gasteiger partial charge in [-0.3, -0.25) is 4.79 Å². The first kappa shape index (κ1) is 17.8. The fraction of sp³-hybridized carbons (Fsp3) is 0.333. The maximum absolute atomic E-state index is 12.5. The number of benzene rings is 2. The third-order valence-electron chi connectivity index (χ3n) is 4.95. The maximum Gasteiger partial charge on any atom is 0.231 e. The molecule has 0 saturated carbocycles. The van der Waals surface area contributed by atoms with Crippen molar-refractivity contribution < 1.29 is 9.53 Å². The summed E-state index contributed by atoms with van der Waals surface area (Å²) in [6, 6.07) is 14.0. The summed E-state index contributed by atoms with van der Waals surface area (Å²) >= 11 is 1.65. The average molecular weight is 382 g/mol. The number of rotatable bonds is 5. The topological polar surface area (TPSA) is 54.5 Å². The number of carbonyl (C=O) groups is 1. The molecule has 1 N–H and O–H groups in total. The number of fused-ring (bicyclic) bond motifs is 1. The first-order valence-corrected chi connectivity index (χ1v) is 9.95. The van der Waals surface area contributed by atoms with Gasteiger partial charge in [0.2, 0.25) is 5.91 Å². The van der Waals surface area contributed by atoms with Crippen LogP contribution in [-0.2, 0) is 4.79 Å². The number of thiazole rings is 1. The van der Waals surface area contributed by atoms with Gasteiger partial charge in [0.15, 0.2) is 5.13 Å². The van der Waals surface area contributed by atoms with Crippen molar-refractivity contribution in [2.45, 2.75) is 19.8 Å². The van der Waals surface area contributed by atoms with Gasteiger partial charge in [-0.05, 0) is 35.7 Å². The molecule has 2 heterocycles. The summed E-state index contributed by atoms with van der Waals surface area (Å²) in [5, 5.41) is 3.99. The molecule has 0 unspecified atom stereocenters. The van der Waals surface area contributed by atoms with Crippen LogP contribution in [0.15, 0.2) is 42.5 Å². The first-order chi connectivity index (χ1) is 13.0. The van der Waals surface area contributed by atoms with Crippen LogP contribution in [0.5, 0.6) is 5.75 Å². The van der Waals surface area contributed by atoms with Gasteiger partial charge in [0, 0.05) is 24.8 Å². The lowest BCUT2D eigenvalue weighted by molar-refractivity contribution is -0.120. The minimum atomic E-state index is -0.00340. The number of nitrogens with one attached hydrogen (secondary N) is 1. The molecule has 140 valence electrons. The molecule has 0 atom stereocenters. The van der Waals surface area contributed by atoms with Gasteiger partial charge < -0.3 is 15.0 Å². The summed E-state index contributed by atoms with van der Waals surface area (Å²) in [6.07, 6.45) is 0. The lowest BCUT2D eigenvalue weighted by Gasteiger charge is -2.37. The lowest BCUT2D eigenvalue weighted by atomic mass is 9.99. The molecule has 0 aliphatic carbocycles. The summed E-state index contributed by atoms with van der Waals surface area (Å²) in [5.41, 5.74) is 3.07. The number of nitrogens with zero attached hydrogens (tertiary/aromatic N) is 2. The van der Waals surface area contributed by atoms with E-state index < -0.39 is 0 Å². The summed E-state index contributed by atoms with van der Waals surface area (Å²) in [6.45, 7) is 5.73. The van der Waals surface area contributed by atoms with Crippen molar-refractivity contribution in [1.82, 2.24) is 4.98 Å². The second-order valence-corrected chi connectivity index (χ2v) is 8.21. The second kappa shape index (κ2) is 7.19. The van der Waals surface area contributed by atoms with E-state index in [9.17, 15) is 4.79 Å². The van der Waals surface area contributed by atoms with Crippen molar-refractivity contribution in [1.29, 1.82) is 0 Å². The molecule has 2 aromatic carbocycles. The van der Waals surface area contributed by atoms with E-state index >= 15 is 0 Å². The Morgan fingerprint density at radius 2 is 1.96 bits per heavy atom. The number of methoxy groups -OCH3 is 1. The molecule has 0 spiro atoms. The molecule has 0 bridgehead atoms. The molecule has 6 heteroatoms. The number of aromatic nitrogens is 1. The van der Waals surface area contributed by atoms with Crippen LogP contribution in [0, 0.1) is 5.92 Å². The fourth-order valence-corrected chi connectivity index (χ4v) is 4.12. The molecule has 0 radical (unpaired) electrons.